The van der Waals surface area contributed by atoms with Gasteiger partial charge in [-0.05, 0) is 31.2 Å². The maximum absolute atomic E-state index is 11.7. The molecular weight excluding hydrogens is 262 g/mol. The van der Waals surface area contributed by atoms with E-state index in [2.05, 4.69) is 35.2 Å². The number of nitrogens with two attached hydrogens (primary N) is 1. The lowest BCUT2D eigenvalue weighted by Gasteiger charge is -2.38. The minimum Gasteiger partial charge on any atom is -0.341 e. The highest BCUT2D eigenvalue weighted by atomic mass is 16.2. The Morgan fingerprint density at radius 3 is 2.29 bits per heavy atom. The summed E-state index contributed by atoms with van der Waals surface area (Å²) >= 11 is 0. The molecular formula is C17H25N3O. The van der Waals surface area contributed by atoms with Crippen molar-refractivity contribution in [3.05, 3.63) is 35.9 Å². The molecule has 4 heteroatoms. The van der Waals surface area contributed by atoms with Gasteiger partial charge in [0.15, 0.2) is 0 Å². The number of hydrogen-bond acceptors (Lipinski definition) is 3. The summed E-state index contributed by atoms with van der Waals surface area (Å²) in [7, 11) is 0. The van der Waals surface area contributed by atoms with Gasteiger partial charge in [-0.25, -0.2) is 0 Å². The zero-order valence-electron chi connectivity index (χ0n) is 12.6. The third kappa shape index (κ3) is 3.63. The monoisotopic (exact) mass is 287 g/mol. The Hall–Kier alpha value is -1.39. The predicted octanol–water partition coefficient (Wildman–Crippen LogP) is 1.60. The first-order valence-electron chi connectivity index (χ1n) is 8.05. The van der Waals surface area contributed by atoms with Crippen LogP contribution < -0.4 is 5.73 Å². The van der Waals surface area contributed by atoms with Gasteiger partial charge in [-0.3, -0.25) is 9.69 Å². The molecule has 0 bridgehead atoms. The fourth-order valence-electron chi connectivity index (χ4n) is 3.33. The molecule has 0 radical (unpaired) electrons. The molecule has 2 fully saturated rings. The van der Waals surface area contributed by atoms with E-state index in [1.807, 2.05) is 4.90 Å². The van der Waals surface area contributed by atoms with Gasteiger partial charge in [0, 0.05) is 31.7 Å². The number of piperidine rings is 1. The molecule has 1 saturated heterocycles. The summed E-state index contributed by atoms with van der Waals surface area (Å²) in [5.41, 5.74) is 6.85. The van der Waals surface area contributed by atoms with E-state index in [4.69, 9.17) is 5.73 Å². The minimum atomic E-state index is 0.0921. The van der Waals surface area contributed by atoms with Gasteiger partial charge < -0.3 is 10.6 Å². The van der Waals surface area contributed by atoms with Crippen LogP contribution >= 0.6 is 0 Å². The van der Waals surface area contributed by atoms with Crippen LogP contribution in [0.2, 0.25) is 0 Å². The second kappa shape index (κ2) is 6.58. The van der Waals surface area contributed by atoms with E-state index in [0.29, 0.717) is 6.04 Å². The quantitative estimate of drug-likeness (QED) is 0.895. The van der Waals surface area contributed by atoms with Crippen molar-refractivity contribution in [3.63, 3.8) is 0 Å². The molecule has 1 aliphatic carbocycles. The first-order valence-corrected chi connectivity index (χ1v) is 8.05. The van der Waals surface area contributed by atoms with Crippen molar-refractivity contribution in [2.24, 2.45) is 5.73 Å². The lowest BCUT2D eigenvalue weighted by molar-refractivity contribution is -0.131. The first-order chi connectivity index (χ1) is 10.3. The van der Waals surface area contributed by atoms with Crippen molar-refractivity contribution < 1.29 is 4.79 Å². The van der Waals surface area contributed by atoms with Gasteiger partial charge in [0.2, 0.25) is 5.91 Å². The van der Waals surface area contributed by atoms with Crippen LogP contribution in [-0.4, -0.2) is 47.4 Å². The number of likely N-dealkylation sites (tertiary alicyclic amines) is 1. The van der Waals surface area contributed by atoms with Crippen LogP contribution in [-0.2, 0) is 11.3 Å². The standard InChI is InChI=1S/C17H25N3O/c18-12-17(21)19-10-8-16(9-11-19)20(15-6-7-15)13-14-4-2-1-3-5-14/h1-5,15-16H,6-13,18H2. The molecule has 1 saturated carbocycles. The summed E-state index contributed by atoms with van der Waals surface area (Å²) in [5.74, 6) is 0.0921. The lowest BCUT2D eigenvalue weighted by Crippen LogP contribution is -2.48. The molecule has 3 rings (SSSR count). The van der Waals surface area contributed by atoms with Crippen LogP contribution in [0.4, 0.5) is 0 Å². The van der Waals surface area contributed by atoms with Gasteiger partial charge in [0.25, 0.3) is 0 Å². The van der Waals surface area contributed by atoms with Crippen molar-refractivity contribution in [2.75, 3.05) is 19.6 Å². The Morgan fingerprint density at radius 2 is 1.71 bits per heavy atom. The summed E-state index contributed by atoms with van der Waals surface area (Å²) in [5, 5.41) is 0. The zero-order chi connectivity index (χ0) is 14.7. The Balaban J connectivity index is 1.60. The number of hydrogen-bond donors (Lipinski definition) is 1. The summed E-state index contributed by atoms with van der Waals surface area (Å²) in [6.45, 7) is 2.90. The van der Waals surface area contributed by atoms with Crippen LogP contribution in [0.15, 0.2) is 30.3 Å². The van der Waals surface area contributed by atoms with Crippen LogP contribution in [0.1, 0.15) is 31.2 Å². The van der Waals surface area contributed by atoms with E-state index in [-0.39, 0.29) is 12.5 Å². The number of rotatable bonds is 5. The van der Waals surface area contributed by atoms with Crippen LogP contribution in [0.3, 0.4) is 0 Å². The molecule has 21 heavy (non-hydrogen) atoms. The van der Waals surface area contributed by atoms with Crippen molar-refractivity contribution in [1.29, 1.82) is 0 Å². The molecule has 1 amide bonds. The summed E-state index contributed by atoms with van der Waals surface area (Å²) in [6.07, 6.45) is 4.81. The summed E-state index contributed by atoms with van der Waals surface area (Å²) in [6, 6.07) is 12.1. The average Bonchev–Trinajstić information content (AvgIpc) is 3.38. The zero-order valence-corrected chi connectivity index (χ0v) is 12.6. The molecule has 1 aromatic rings. The number of benzene rings is 1. The number of nitrogens with zero attached hydrogens (tertiary/aromatic N) is 2. The first kappa shape index (κ1) is 14.5. The maximum atomic E-state index is 11.7. The highest BCUT2D eigenvalue weighted by molar-refractivity contribution is 5.78. The van der Waals surface area contributed by atoms with E-state index >= 15 is 0 Å². The minimum absolute atomic E-state index is 0.0921. The van der Waals surface area contributed by atoms with E-state index in [1.54, 1.807) is 0 Å². The second-order valence-electron chi connectivity index (χ2n) is 6.21. The molecule has 2 aliphatic rings. The molecule has 0 aromatic heterocycles. The topological polar surface area (TPSA) is 49.6 Å². The van der Waals surface area contributed by atoms with Gasteiger partial charge in [-0.15, -0.1) is 0 Å². The molecule has 0 atom stereocenters. The van der Waals surface area contributed by atoms with Crippen LogP contribution in [0.5, 0.6) is 0 Å². The third-order valence-electron chi connectivity index (χ3n) is 4.68. The number of amides is 1. The molecule has 1 heterocycles. The predicted molar refractivity (Wildman–Crippen MR) is 83.7 cm³/mol. The largest absolute Gasteiger partial charge is 0.341 e. The molecule has 0 unspecified atom stereocenters. The van der Waals surface area contributed by atoms with Gasteiger partial charge in [0.05, 0.1) is 6.54 Å². The molecule has 114 valence electrons. The van der Waals surface area contributed by atoms with Crippen LogP contribution in [0.25, 0.3) is 0 Å². The van der Waals surface area contributed by atoms with Crippen molar-refractivity contribution in [2.45, 2.75) is 44.3 Å². The van der Waals surface area contributed by atoms with E-state index in [0.717, 1.165) is 38.5 Å². The van der Waals surface area contributed by atoms with E-state index < -0.39 is 0 Å². The van der Waals surface area contributed by atoms with E-state index in [9.17, 15) is 4.79 Å². The smallest absolute Gasteiger partial charge is 0.236 e. The Labute approximate surface area is 126 Å². The van der Waals surface area contributed by atoms with Crippen molar-refractivity contribution in [1.82, 2.24) is 9.80 Å². The second-order valence-corrected chi connectivity index (χ2v) is 6.21. The van der Waals surface area contributed by atoms with E-state index in [1.165, 1.54) is 18.4 Å². The highest BCUT2D eigenvalue weighted by Crippen LogP contribution is 2.33. The normalized spacial score (nSPS) is 20.0. The van der Waals surface area contributed by atoms with Crippen LogP contribution in [0, 0.1) is 0 Å². The maximum Gasteiger partial charge on any atom is 0.236 e. The fraction of sp³-hybridized carbons (Fsp3) is 0.588. The Morgan fingerprint density at radius 1 is 1.10 bits per heavy atom. The average molecular weight is 287 g/mol. The summed E-state index contributed by atoms with van der Waals surface area (Å²) in [4.78, 5) is 16.3. The Kier molecular flexibility index (Phi) is 4.56. The Bertz CT molecular complexity index is 464. The SMILES string of the molecule is NCC(=O)N1CCC(N(Cc2ccccc2)C2CC2)CC1. The van der Waals surface area contributed by atoms with Gasteiger partial charge >= 0.3 is 0 Å². The molecule has 0 spiro atoms. The van der Waals surface area contributed by atoms with Gasteiger partial charge in [-0.2, -0.15) is 0 Å². The molecule has 2 N–H and O–H groups in total. The fourth-order valence-corrected chi connectivity index (χ4v) is 3.33. The summed E-state index contributed by atoms with van der Waals surface area (Å²) < 4.78 is 0. The third-order valence-corrected chi connectivity index (χ3v) is 4.68. The molecule has 1 aliphatic heterocycles. The number of carbonyl (C=O) groups excluding carboxylic acids is 1. The lowest BCUT2D eigenvalue weighted by atomic mass is 10.0. The molecule has 4 nitrogen and oxygen atoms in total. The van der Waals surface area contributed by atoms with Crippen molar-refractivity contribution in [3.8, 4) is 0 Å². The van der Waals surface area contributed by atoms with Crippen molar-refractivity contribution >= 4 is 5.91 Å². The van der Waals surface area contributed by atoms with Gasteiger partial charge in [0.1, 0.15) is 0 Å². The highest BCUT2D eigenvalue weighted by Gasteiger charge is 2.35. The molecule has 1 aromatic carbocycles. The van der Waals surface area contributed by atoms with Gasteiger partial charge in [-0.1, -0.05) is 30.3 Å². The number of carbonyl (C=O) groups is 1.